The monoisotopic (exact) mass is 295 g/mol. The molecule has 1 aliphatic rings. The minimum Gasteiger partial charge on any atom is -0.367 e. The minimum absolute atomic E-state index is 0.140. The van der Waals surface area contributed by atoms with Gasteiger partial charge >= 0.3 is 0 Å². The van der Waals surface area contributed by atoms with Crippen LogP contribution in [-0.4, -0.2) is 23.3 Å². The zero-order chi connectivity index (χ0) is 15.5. The van der Waals surface area contributed by atoms with Crippen LogP contribution in [0.15, 0.2) is 4.52 Å². The first-order valence-corrected chi connectivity index (χ1v) is 8.18. The van der Waals surface area contributed by atoms with Gasteiger partial charge in [0.1, 0.15) is 5.60 Å². The highest BCUT2D eigenvalue weighted by atomic mass is 16.5. The van der Waals surface area contributed by atoms with E-state index in [1.54, 1.807) is 0 Å². The molecule has 1 saturated carbocycles. The zero-order valence-corrected chi connectivity index (χ0v) is 13.8. The van der Waals surface area contributed by atoms with Crippen molar-refractivity contribution in [1.29, 1.82) is 0 Å². The fourth-order valence-electron chi connectivity index (χ4n) is 3.12. The standard InChI is InChI=1S/C16H29N3O2/c1-5-15(4,20-6-2)13-18-14(21-19-13)16(11-17)9-7-12(3)8-10-16/h12H,5-11,17H2,1-4H3. The number of hydrogen-bond acceptors (Lipinski definition) is 5. The van der Waals surface area contributed by atoms with E-state index in [0.29, 0.717) is 24.9 Å². The first-order valence-electron chi connectivity index (χ1n) is 8.18. The van der Waals surface area contributed by atoms with Gasteiger partial charge in [-0.2, -0.15) is 4.98 Å². The molecule has 0 aromatic carbocycles. The van der Waals surface area contributed by atoms with Gasteiger partial charge in [0.05, 0.1) is 5.41 Å². The molecule has 1 aromatic heterocycles. The summed E-state index contributed by atoms with van der Waals surface area (Å²) in [5, 5.41) is 4.20. The summed E-state index contributed by atoms with van der Waals surface area (Å²) in [5.74, 6) is 2.11. The smallest absolute Gasteiger partial charge is 0.234 e. The van der Waals surface area contributed by atoms with Crippen molar-refractivity contribution in [2.24, 2.45) is 11.7 Å². The average Bonchev–Trinajstić information content (AvgIpc) is 3.00. The van der Waals surface area contributed by atoms with Crippen molar-refractivity contribution < 1.29 is 9.26 Å². The summed E-state index contributed by atoms with van der Waals surface area (Å²) in [5.41, 5.74) is 5.45. The lowest BCUT2D eigenvalue weighted by Gasteiger charge is -2.35. The molecule has 0 saturated heterocycles. The van der Waals surface area contributed by atoms with E-state index in [-0.39, 0.29) is 5.41 Å². The van der Waals surface area contributed by atoms with Gasteiger partial charge < -0.3 is 15.0 Å². The third kappa shape index (κ3) is 3.14. The van der Waals surface area contributed by atoms with Gasteiger partial charge in [-0.15, -0.1) is 0 Å². The lowest BCUT2D eigenvalue weighted by molar-refractivity contribution is -0.0403. The molecule has 0 radical (unpaired) electrons. The third-order valence-corrected chi connectivity index (χ3v) is 5.11. The maximum absolute atomic E-state index is 6.07. The first-order chi connectivity index (χ1) is 9.99. The predicted molar refractivity (Wildman–Crippen MR) is 81.9 cm³/mol. The van der Waals surface area contributed by atoms with Crippen LogP contribution in [0.2, 0.25) is 0 Å². The van der Waals surface area contributed by atoms with E-state index in [1.807, 2.05) is 13.8 Å². The van der Waals surface area contributed by atoms with Crippen LogP contribution in [0.25, 0.3) is 0 Å². The Bertz CT molecular complexity index is 452. The van der Waals surface area contributed by atoms with Crippen LogP contribution < -0.4 is 5.73 Å². The molecule has 1 heterocycles. The van der Waals surface area contributed by atoms with Gasteiger partial charge in [-0.25, -0.2) is 0 Å². The van der Waals surface area contributed by atoms with Crippen molar-refractivity contribution in [3.05, 3.63) is 11.7 Å². The Hall–Kier alpha value is -0.940. The molecule has 21 heavy (non-hydrogen) atoms. The fraction of sp³-hybridized carbons (Fsp3) is 0.875. The quantitative estimate of drug-likeness (QED) is 0.872. The van der Waals surface area contributed by atoms with E-state index in [0.717, 1.165) is 25.2 Å². The second-order valence-electron chi connectivity index (χ2n) is 6.61. The summed E-state index contributed by atoms with van der Waals surface area (Å²) in [6, 6.07) is 0. The molecule has 1 aliphatic carbocycles. The van der Waals surface area contributed by atoms with Crippen LogP contribution in [0.5, 0.6) is 0 Å². The molecule has 1 fully saturated rings. The van der Waals surface area contributed by atoms with Crippen LogP contribution in [0.4, 0.5) is 0 Å². The van der Waals surface area contributed by atoms with Crippen LogP contribution in [0.1, 0.15) is 71.5 Å². The number of rotatable bonds is 6. The summed E-state index contributed by atoms with van der Waals surface area (Å²) < 4.78 is 11.4. The van der Waals surface area contributed by atoms with E-state index >= 15 is 0 Å². The van der Waals surface area contributed by atoms with Crippen LogP contribution >= 0.6 is 0 Å². The highest BCUT2D eigenvalue weighted by Gasteiger charge is 2.41. The lowest BCUT2D eigenvalue weighted by Crippen LogP contribution is -2.39. The summed E-state index contributed by atoms with van der Waals surface area (Å²) in [6.45, 7) is 9.57. The number of nitrogens with zero attached hydrogens (tertiary/aromatic N) is 2. The van der Waals surface area contributed by atoms with Crippen LogP contribution in [0.3, 0.4) is 0 Å². The Morgan fingerprint density at radius 1 is 1.38 bits per heavy atom. The normalized spacial score (nSPS) is 29.3. The van der Waals surface area contributed by atoms with Crippen molar-refractivity contribution in [1.82, 2.24) is 10.1 Å². The molecule has 2 rings (SSSR count). The fourth-order valence-corrected chi connectivity index (χ4v) is 3.12. The van der Waals surface area contributed by atoms with Gasteiger partial charge in [0, 0.05) is 13.2 Å². The molecule has 5 heteroatoms. The van der Waals surface area contributed by atoms with Crippen LogP contribution in [-0.2, 0) is 15.8 Å². The Balaban J connectivity index is 2.25. The largest absolute Gasteiger partial charge is 0.367 e. The van der Waals surface area contributed by atoms with Gasteiger partial charge in [-0.05, 0) is 51.9 Å². The Morgan fingerprint density at radius 3 is 2.57 bits per heavy atom. The first kappa shape index (κ1) is 16.4. The molecule has 0 bridgehead atoms. The summed E-state index contributed by atoms with van der Waals surface area (Å²) >= 11 is 0. The van der Waals surface area contributed by atoms with Gasteiger partial charge in [0.15, 0.2) is 0 Å². The van der Waals surface area contributed by atoms with E-state index in [4.69, 9.17) is 15.0 Å². The molecule has 5 nitrogen and oxygen atoms in total. The Labute approximate surface area is 127 Å². The Kier molecular flexibility index (Phi) is 5.04. The van der Waals surface area contributed by atoms with Crippen LogP contribution in [0, 0.1) is 5.92 Å². The van der Waals surface area contributed by atoms with E-state index in [2.05, 4.69) is 24.0 Å². The summed E-state index contributed by atoms with van der Waals surface area (Å²) in [7, 11) is 0. The van der Waals surface area contributed by atoms with E-state index in [9.17, 15) is 0 Å². The molecule has 1 unspecified atom stereocenters. The number of ether oxygens (including phenoxy) is 1. The minimum atomic E-state index is -0.478. The maximum atomic E-state index is 6.07. The van der Waals surface area contributed by atoms with Gasteiger partial charge in [-0.1, -0.05) is 19.0 Å². The van der Waals surface area contributed by atoms with E-state index in [1.165, 1.54) is 12.8 Å². The zero-order valence-electron chi connectivity index (χ0n) is 13.8. The second kappa shape index (κ2) is 6.44. The Morgan fingerprint density at radius 2 is 2.05 bits per heavy atom. The number of nitrogens with two attached hydrogens (primary N) is 1. The molecule has 2 N–H and O–H groups in total. The molecular weight excluding hydrogens is 266 g/mol. The van der Waals surface area contributed by atoms with Crippen molar-refractivity contribution in [3.63, 3.8) is 0 Å². The predicted octanol–water partition coefficient (Wildman–Crippen LogP) is 3.14. The highest BCUT2D eigenvalue weighted by Crippen LogP contribution is 2.40. The molecule has 120 valence electrons. The summed E-state index contributed by atoms with van der Waals surface area (Å²) in [4.78, 5) is 4.68. The topological polar surface area (TPSA) is 74.2 Å². The number of aromatic nitrogens is 2. The SMILES string of the molecule is CCOC(C)(CC)c1noc(C2(CN)CCC(C)CC2)n1. The highest BCUT2D eigenvalue weighted by molar-refractivity contribution is 5.11. The molecule has 1 aromatic rings. The molecule has 0 spiro atoms. The van der Waals surface area contributed by atoms with Crippen molar-refractivity contribution in [2.75, 3.05) is 13.2 Å². The number of hydrogen-bond donors (Lipinski definition) is 1. The van der Waals surface area contributed by atoms with Gasteiger partial charge in [0.2, 0.25) is 11.7 Å². The van der Waals surface area contributed by atoms with Gasteiger partial charge in [0.25, 0.3) is 0 Å². The third-order valence-electron chi connectivity index (χ3n) is 5.11. The maximum Gasteiger partial charge on any atom is 0.234 e. The molecule has 0 aliphatic heterocycles. The average molecular weight is 295 g/mol. The molecular formula is C16H29N3O2. The molecule has 1 atom stereocenters. The van der Waals surface area contributed by atoms with Crippen molar-refractivity contribution in [2.45, 2.75) is 70.8 Å². The second-order valence-corrected chi connectivity index (χ2v) is 6.61. The van der Waals surface area contributed by atoms with E-state index < -0.39 is 5.60 Å². The summed E-state index contributed by atoms with van der Waals surface area (Å²) in [6.07, 6.45) is 5.22. The molecule has 0 amide bonds. The lowest BCUT2D eigenvalue weighted by atomic mass is 9.70. The van der Waals surface area contributed by atoms with Crippen molar-refractivity contribution >= 4 is 0 Å². The van der Waals surface area contributed by atoms with Crippen molar-refractivity contribution in [3.8, 4) is 0 Å². The van der Waals surface area contributed by atoms with Gasteiger partial charge in [-0.3, -0.25) is 0 Å².